The Labute approximate surface area is 132 Å². The van der Waals surface area contributed by atoms with E-state index in [9.17, 15) is 4.79 Å². The molecular formula is C18H14N2O3. The van der Waals surface area contributed by atoms with E-state index in [0.29, 0.717) is 12.1 Å². The van der Waals surface area contributed by atoms with E-state index in [-0.39, 0.29) is 5.97 Å². The number of esters is 1. The summed E-state index contributed by atoms with van der Waals surface area (Å²) in [5.74, 6) is -0.383. The third-order valence-corrected chi connectivity index (χ3v) is 3.95. The predicted octanol–water partition coefficient (Wildman–Crippen LogP) is 3.62. The lowest BCUT2D eigenvalue weighted by Gasteiger charge is -2.05. The summed E-state index contributed by atoms with van der Waals surface area (Å²) in [4.78, 5) is 16.3. The van der Waals surface area contributed by atoms with E-state index in [2.05, 4.69) is 15.6 Å². The second kappa shape index (κ2) is 5.28. The minimum Gasteiger partial charge on any atom is -0.472 e. The van der Waals surface area contributed by atoms with Crippen molar-refractivity contribution >= 4 is 27.9 Å². The zero-order valence-corrected chi connectivity index (χ0v) is 12.5. The van der Waals surface area contributed by atoms with Gasteiger partial charge in [-0.05, 0) is 18.2 Å². The first-order valence-corrected chi connectivity index (χ1v) is 7.24. The van der Waals surface area contributed by atoms with Crippen LogP contribution in [0, 0.1) is 0 Å². The quantitative estimate of drug-likeness (QED) is 0.542. The monoisotopic (exact) mass is 306 g/mol. The number of rotatable bonds is 3. The smallest absolute Gasteiger partial charge is 0.339 e. The molecule has 0 aliphatic heterocycles. The summed E-state index contributed by atoms with van der Waals surface area (Å²) >= 11 is 0. The van der Waals surface area contributed by atoms with Crippen LogP contribution >= 0.6 is 0 Å². The fraction of sp³-hybridized carbons (Fsp3) is 0.111. The van der Waals surface area contributed by atoms with Crippen LogP contribution in [0.3, 0.4) is 0 Å². The summed E-state index contributed by atoms with van der Waals surface area (Å²) in [7, 11) is 1.37. The summed E-state index contributed by atoms with van der Waals surface area (Å²) in [5, 5.41) is 2.00. The van der Waals surface area contributed by atoms with Gasteiger partial charge < -0.3 is 13.7 Å². The predicted molar refractivity (Wildman–Crippen MR) is 86.4 cm³/mol. The largest absolute Gasteiger partial charge is 0.472 e. The van der Waals surface area contributed by atoms with E-state index in [4.69, 9.17) is 9.15 Å². The number of pyridine rings is 1. The van der Waals surface area contributed by atoms with Crippen LogP contribution in [0.25, 0.3) is 21.9 Å². The maximum atomic E-state index is 11.8. The fourth-order valence-electron chi connectivity index (χ4n) is 2.88. The van der Waals surface area contributed by atoms with Gasteiger partial charge in [0.05, 0.1) is 37.3 Å². The van der Waals surface area contributed by atoms with E-state index < -0.39 is 0 Å². The van der Waals surface area contributed by atoms with Gasteiger partial charge in [-0.3, -0.25) is 0 Å². The molecule has 1 aromatic carbocycles. The molecule has 114 valence electrons. The van der Waals surface area contributed by atoms with Crippen molar-refractivity contribution in [2.45, 2.75) is 6.54 Å². The highest BCUT2D eigenvalue weighted by Gasteiger charge is 2.15. The number of furan rings is 1. The van der Waals surface area contributed by atoms with Crippen LogP contribution in [0.1, 0.15) is 15.9 Å². The number of fused-ring (bicyclic) bond motifs is 3. The summed E-state index contributed by atoms with van der Waals surface area (Å²) in [6.07, 6.45) is 4.94. The van der Waals surface area contributed by atoms with Gasteiger partial charge in [0.15, 0.2) is 0 Å². The van der Waals surface area contributed by atoms with Crippen LogP contribution in [-0.4, -0.2) is 22.6 Å². The normalized spacial score (nSPS) is 11.2. The zero-order valence-electron chi connectivity index (χ0n) is 12.5. The molecule has 0 N–H and O–H groups in total. The Hall–Kier alpha value is -3.08. The summed E-state index contributed by atoms with van der Waals surface area (Å²) in [5.41, 5.74) is 3.41. The number of methoxy groups -OCH3 is 1. The number of ether oxygens (including phenoxy) is 1. The Balaban J connectivity index is 1.98. The van der Waals surface area contributed by atoms with Gasteiger partial charge >= 0.3 is 5.97 Å². The maximum Gasteiger partial charge on any atom is 0.339 e. The van der Waals surface area contributed by atoms with Crippen molar-refractivity contribution in [2.75, 3.05) is 7.11 Å². The number of para-hydroxylation sites is 1. The summed E-state index contributed by atoms with van der Waals surface area (Å²) in [6, 6.07) is 11.8. The molecule has 4 aromatic rings. The van der Waals surface area contributed by atoms with Crippen LogP contribution in [0.2, 0.25) is 0 Å². The molecule has 0 saturated carbocycles. The second-order valence-electron chi connectivity index (χ2n) is 5.32. The van der Waals surface area contributed by atoms with E-state index in [1.54, 1.807) is 18.7 Å². The molecule has 0 aliphatic rings. The SMILES string of the molecule is COC(=O)c1cnc2c(c1)c1ccccc1n2Cc1ccoc1. The lowest BCUT2D eigenvalue weighted by atomic mass is 10.1. The average Bonchev–Trinajstić information content (AvgIpc) is 3.21. The Morgan fingerprint density at radius 3 is 2.91 bits per heavy atom. The molecule has 23 heavy (non-hydrogen) atoms. The molecule has 5 heteroatoms. The van der Waals surface area contributed by atoms with E-state index in [0.717, 1.165) is 27.5 Å². The molecule has 0 fully saturated rings. The molecule has 3 aromatic heterocycles. The Kier molecular flexibility index (Phi) is 3.12. The van der Waals surface area contributed by atoms with Gasteiger partial charge in [-0.15, -0.1) is 0 Å². The number of benzene rings is 1. The number of nitrogens with zero attached hydrogens (tertiary/aromatic N) is 2. The first-order valence-electron chi connectivity index (χ1n) is 7.24. The molecule has 0 aliphatic carbocycles. The minimum absolute atomic E-state index is 0.383. The second-order valence-corrected chi connectivity index (χ2v) is 5.32. The van der Waals surface area contributed by atoms with Gasteiger partial charge in [-0.1, -0.05) is 18.2 Å². The minimum atomic E-state index is -0.383. The molecular weight excluding hydrogens is 292 g/mol. The van der Waals surface area contributed by atoms with Crippen LogP contribution in [0.5, 0.6) is 0 Å². The first kappa shape index (κ1) is 13.6. The maximum absolute atomic E-state index is 11.8. The molecule has 0 unspecified atom stereocenters. The molecule has 0 spiro atoms. The van der Waals surface area contributed by atoms with Crippen molar-refractivity contribution in [1.82, 2.24) is 9.55 Å². The third kappa shape index (κ3) is 2.17. The van der Waals surface area contributed by atoms with Crippen molar-refractivity contribution in [3.05, 3.63) is 66.2 Å². The van der Waals surface area contributed by atoms with Crippen molar-refractivity contribution in [2.24, 2.45) is 0 Å². The van der Waals surface area contributed by atoms with Gasteiger partial charge in [-0.25, -0.2) is 9.78 Å². The number of hydrogen-bond donors (Lipinski definition) is 0. The molecule has 5 nitrogen and oxygen atoms in total. The Morgan fingerprint density at radius 2 is 2.13 bits per heavy atom. The number of hydrogen-bond acceptors (Lipinski definition) is 4. The molecule has 4 rings (SSSR count). The highest BCUT2D eigenvalue weighted by Crippen LogP contribution is 2.29. The lowest BCUT2D eigenvalue weighted by molar-refractivity contribution is 0.0600. The lowest BCUT2D eigenvalue weighted by Crippen LogP contribution is -2.03. The van der Waals surface area contributed by atoms with Gasteiger partial charge in [0.1, 0.15) is 5.65 Å². The molecule has 0 radical (unpaired) electrons. The van der Waals surface area contributed by atoms with Crippen molar-refractivity contribution in [3.8, 4) is 0 Å². The van der Waals surface area contributed by atoms with Crippen LogP contribution in [0.15, 0.2) is 59.5 Å². The van der Waals surface area contributed by atoms with Crippen molar-refractivity contribution < 1.29 is 13.9 Å². The molecule has 3 heterocycles. The van der Waals surface area contributed by atoms with Crippen molar-refractivity contribution in [3.63, 3.8) is 0 Å². The van der Waals surface area contributed by atoms with E-state index >= 15 is 0 Å². The Morgan fingerprint density at radius 1 is 1.26 bits per heavy atom. The van der Waals surface area contributed by atoms with E-state index in [1.165, 1.54) is 7.11 Å². The molecule has 0 bridgehead atoms. The topological polar surface area (TPSA) is 57.3 Å². The van der Waals surface area contributed by atoms with Gasteiger partial charge in [0.25, 0.3) is 0 Å². The third-order valence-electron chi connectivity index (χ3n) is 3.95. The number of carbonyl (C=O) groups is 1. The number of carbonyl (C=O) groups excluding carboxylic acids is 1. The van der Waals surface area contributed by atoms with Gasteiger partial charge in [-0.2, -0.15) is 0 Å². The first-order chi connectivity index (χ1) is 11.3. The molecule has 0 saturated heterocycles. The van der Waals surface area contributed by atoms with Gasteiger partial charge in [0, 0.05) is 22.5 Å². The average molecular weight is 306 g/mol. The van der Waals surface area contributed by atoms with Crippen molar-refractivity contribution in [1.29, 1.82) is 0 Å². The zero-order chi connectivity index (χ0) is 15.8. The number of aromatic nitrogens is 2. The highest BCUT2D eigenvalue weighted by molar-refractivity contribution is 6.08. The molecule has 0 atom stereocenters. The highest BCUT2D eigenvalue weighted by atomic mass is 16.5. The fourth-order valence-corrected chi connectivity index (χ4v) is 2.88. The van der Waals surface area contributed by atoms with Gasteiger partial charge in [0.2, 0.25) is 0 Å². The summed E-state index contributed by atoms with van der Waals surface area (Å²) < 4.78 is 12.1. The standard InChI is InChI=1S/C18H14N2O3/c1-22-18(21)13-8-15-14-4-2-3-5-16(14)20(17(15)19-9-13)10-12-6-7-23-11-12/h2-9,11H,10H2,1H3. The van der Waals surface area contributed by atoms with Crippen LogP contribution in [-0.2, 0) is 11.3 Å². The molecule has 0 amide bonds. The summed E-state index contributed by atoms with van der Waals surface area (Å²) in [6.45, 7) is 0.658. The van der Waals surface area contributed by atoms with E-state index in [1.807, 2.05) is 30.3 Å². The van der Waals surface area contributed by atoms with Crippen LogP contribution < -0.4 is 0 Å². The Bertz CT molecular complexity index is 1000. The van der Waals surface area contributed by atoms with Crippen LogP contribution in [0.4, 0.5) is 0 Å².